The Balaban J connectivity index is 3.07. The summed E-state index contributed by atoms with van der Waals surface area (Å²) in [6.45, 7) is 3.47. The predicted octanol–water partition coefficient (Wildman–Crippen LogP) is 2.07. The molecule has 0 N–H and O–H groups in total. The fourth-order valence-electron chi connectivity index (χ4n) is 1.46. The number of ketones is 2. The minimum Gasteiger partial charge on any atom is -0.296 e. The highest BCUT2D eigenvalue weighted by molar-refractivity contribution is 9.09. The molecule has 0 amide bonds. The van der Waals surface area contributed by atoms with E-state index < -0.39 is 5.54 Å². The summed E-state index contributed by atoms with van der Waals surface area (Å²) in [6.07, 6.45) is 1.65. The molecule has 1 heterocycles. The van der Waals surface area contributed by atoms with Gasteiger partial charge in [0, 0.05) is 11.3 Å². The van der Waals surface area contributed by atoms with E-state index in [2.05, 4.69) is 36.9 Å². The standard InChI is InChI=1S/C10H11Br2NO2/c1-6-7(8(14)4-11)3-10(2,13-6)9(15)5-12/h3H,4-5H2,1-2H3. The largest absolute Gasteiger partial charge is 0.296 e. The molecule has 1 atom stereocenters. The van der Waals surface area contributed by atoms with Gasteiger partial charge in [0.25, 0.3) is 0 Å². The monoisotopic (exact) mass is 335 g/mol. The highest BCUT2D eigenvalue weighted by Crippen LogP contribution is 2.26. The molecule has 15 heavy (non-hydrogen) atoms. The Kier molecular flexibility index (Phi) is 4.00. The van der Waals surface area contributed by atoms with E-state index in [0.29, 0.717) is 11.3 Å². The van der Waals surface area contributed by atoms with Gasteiger partial charge in [0.15, 0.2) is 11.6 Å². The molecule has 0 saturated heterocycles. The topological polar surface area (TPSA) is 46.5 Å². The van der Waals surface area contributed by atoms with Crippen molar-refractivity contribution >= 4 is 49.1 Å². The van der Waals surface area contributed by atoms with Crippen molar-refractivity contribution in [1.29, 1.82) is 0 Å². The second-order valence-electron chi connectivity index (χ2n) is 3.52. The number of allylic oxidation sites excluding steroid dienone is 1. The van der Waals surface area contributed by atoms with Gasteiger partial charge in [0.05, 0.1) is 10.7 Å². The van der Waals surface area contributed by atoms with E-state index in [1.54, 1.807) is 19.9 Å². The molecule has 0 aliphatic carbocycles. The minimum absolute atomic E-state index is 0.0395. The van der Waals surface area contributed by atoms with E-state index in [1.807, 2.05) is 0 Å². The summed E-state index contributed by atoms with van der Waals surface area (Å²) < 4.78 is 0. The number of halogens is 2. The van der Waals surface area contributed by atoms with E-state index >= 15 is 0 Å². The van der Waals surface area contributed by atoms with Crippen LogP contribution < -0.4 is 0 Å². The Morgan fingerprint density at radius 2 is 2.00 bits per heavy atom. The van der Waals surface area contributed by atoms with Gasteiger partial charge in [-0.25, -0.2) is 0 Å². The third-order valence-electron chi connectivity index (χ3n) is 2.32. The first-order valence-corrected chi connectivity index (χ1v) is 6.67. The Hall–Kier alpha value is -0.290. The van der Waals surface area contributed by atoms with Crippen LogP contribution in [0.25, 0.3) is 0 Å². The van der Waals surface area contributed by atoms with E-state index in [-0.39, 0.29) is 22.2 Å². The average molecular weight is 337 g/mol. The van der Waals surface area contributed by atoms with Gasteiger partial charge >= 0.3 is 0 Å². The Morgan fingerprint density at radius 3 is 2.47 bits per heavy atom. The maximum absolute atomic E-state index is 11.6. The lowest BCUT2D eigenvalue weighted by Crippen LogP contribution is -2.30. The molecule has 0 spiro atoms. The van der Waals surface area contributed by atoms with Gasteiger partial charge in [0.1, 0.15) is 5.54 Å². The lowest BCUT2D eigenvalue weighted by Gasteiger charge is -2.14. The summed E-state index contributed by atoms with van der Waals surface area (Å²) in [5.41, 5.74) is 0.306. The summed E-state index contributed by atoms with van der Waals surface area (Å²) in [6, 6.07) is 0. The number of alkyl halides is 2. The van der Waals surface area contributed by atoms with E-state index in [1.165, 1.54) is 0 Å². The molecule has 0 fully saturated rings. The van der Waals surface area contributed by atoms with Gasteiger partial charge in [-0.15, -0.1) is 0 Å². The summed E-state index contributed by atoms with van der Waals surface area (Å²) in [5, 5.41) is 0.497. The normalized spacial score (nSPS) is 24.8. The Bertz CT molecular complexity index is 374. The average Bonchev–Trinajstić information content (AvgIpc) is 2.53. The molecule has 82 valence electrons. The fourth-order valence-corrected chi connectivity index (χ4v) is 2.33. The zero-order valence-electron chi connectivity index (χ0n) is 8.51. The number of hydrogen-bond donors (Lipinski definition) is 0. The highest BCUT2D eigenvalue weighted by Gasteiger charge is 2.35. The maximum Gasteiger partial charge on any atom is 0.174 e. The number of nitrogens with zero attached hydrogens (tertiary/aromatic N) is 1. The van der Waals surface area contributed by atoms with Crippen LogP contribution in [0.3, 0.4) is 0 Å². The highest BCUT2D eigenvalue weighted by atomic mass is 79.9. The van der Waals surface area contributed by atoms with Crippen LogP contribution in [0.1, 0.15) is 13.8 Å². The number of carbonyl (C=O) groups is 2. The number of carbonyl (C=O) groups excluding carboxylic acids is 2. The zero-order chi connectivity index (χ0) is 11.6. The van der Waals surface area contributed by atoms with Crippen molar-refractivity contribution in [2.45, 2.75) is 19.4 Å². The molecule has 0 aromatic carbocycles. The van der Waals surface area contributed by atoms with Gasteiger partial charge in [-0.1, -0.05) is 31.9 Å². The van der Waals surface area contributed by atoms with Crippen molar-refractivity contribution in [3.63, 3.8) is 0 Å². The molecule has 1 aliphatic rings. The molecule has 0 saturated carbocycles. The number of aliphatic imine (C=N–C) groups is 1. The lowest BCUT2D eigenvalue weighted by molar-refractivity contribution is -0.119. The molecule has 0 radical (unpaired) electrons. The van der Waals surface area contributed by atoms with Gasteiger partial charge < -0.3 is 0 Å². The molecule has 1 rings (SSSR count). The zero-order valence-corrected chi connectivity index (χ0v) is 11.7. The van der Waals surface area contributed by atoms with E-state index in [4.69, 9.17) is 0 Å². The van der Waals surface area contributed by atoms with Crippen molar-refractivity contribution < 1.29 is 9.59 Å². The molecule has 0 aromatic heterocycles. The van der Waals surface area contributed by atoms with Crippen LogP contribution >= 0.6 is 31.9 Å². The van der Waals surface area contributed by atoms with Crippen LogP contribution in [0.2, 0.25) is 0 Å². The lowest BCUT2D eigenvalue weighted by atomic mass is 9.97. The second kappa shape index (κ2) is 4.70. The minimum atomic E-state index is -0.874. The molecular formula is C10H11Br2NO2. The predicted molar refractivity (Wildman–Crippen MR) is 67.2 cm³/mol. The first-order chi connectivity index (χ1) is 6.94. The third-order valence-corrected chi connectivity index (χ3v) is 3.34. The van der Waals surface area contributed by atoms with Crippen molar-refractivity contribution in [2.75, 3.05) is 10.7 Å². The number of Topliss-reactive ketones (excluding diaryl/α,β-unsaturated/α-hetero) is 2. The van der Waals surface area contributed by atoms with Crippen molar-refractivity contribution in [2.24, 2.45) is 4.99 Å². The van der Waals surface area contributed by atoms with Crippen LogP contribution in [0.5, 0.6) is 0 Å². The fraction of sp³-hybridized carbons (Fsp3) is 0.500. The molecule has 0 bridgehead atoms. The Morgan fingerprint density at radius 1 is 1.40 bits per heavy atom. The maximum atomic E-state index is 11.6. The molecular weight excluding hydrogens is 326 g/mol. The van der Waals surface area contributed by atoms with E-state index in [0.717, 1.165) is 0 Å². The summed E-state index contributed by atoms with van der Waals surface area (Å²) >= 11 is 6.22. The van der Waals surface area contributed by atoms with Crippen LogP contribution in [0.15, 0.2) is 16.6 Å². The number of rotatable bonds is 4. The van der Waals surface area contributed by atoms with Crippen LogP contribution in [0.4, 0.5) is 0 Å². The summed E-state index contributed by atoms with van der Waals surface area (Å²) in [5.74, 6) is -0.0819. The molecule has 1 unspecified atom stereocenters. The van der Waals surface area contributed by atoms with Crippen molar-refractivity contribution in [3.05, 3.63) is 11.6 Å². The van der Waals surface area contributed by atoms with Gasteiger partial charge in [0.2, 0.25) is 0 Å². The number of hydrogen-bond acceptors (Lipinski definition) is 3. The Labute approximate surface area is 105 Å². The van der Waals surface area contributed by atoms with Crippen molar-refractivity contribution in [3.8, 4) is 0 Å². The van der Waals surface area contributed by atoms with E-state index in [9.17, 15) is 9.59 Å². The quantitative estimate of drug-likeness (QED) is 0.738. The van der Waals surface area contributed by atoms with Gasteiger partial charge in [-0.2, -0.15) is 0 Å². The molecule has 5 heteroatoms. The second-order valence-corrected chi connectivity index (χ2v) is 4.64. The van der Waals surface area contributed by atoms with Crippen LogP contribution in [-0.4, -0.2) is 33.5 Å². The van der Waals surface area contributed by atoms with Crippen LogP contribution in [0, 0.1) is 0 Å². The third kappa shape index (κ3) is 2.45. The SMILES string of the molecule is CC1=NC(C)(C(=O)CBr)C=C1C(=O)CBr. The van der Waals surface area contributed by atoms with Crippen LogP contribution in [-0.2, 0) is 9.59 Å². The summed E-state index contributed by atoms with van der Waals surface area (Å²) in [4.78, 5) is 27.4. The molecule has 3 nitrogen and oxygen atoms in total. The van der Waals surface area contributed by atoms with Crippen molar-refractivity contribution in [1.82, 2.24) is 0 Å². The summed E-state index contributed by atoms with van der Waals surface area (Å²) in [7, 11) is 0. The molecule has 0 aromatic rings. The first-order valence-electron chi connectivity index (χ1n) is 4.42. The molecule has 1 aliphatic heterocycles. The van der Waals surface area contributed by atoms with Gasteiger partial charge in [-0.05, 0) is 19.9 Å². The smallest absolute Gasteiger partial charge is 0.174 e. The van der Waals surface area contributed by atoms with Gasteiger partial charge in [-0.3, -0.25) is 14.6 Å². The first kappa shape index (κ1) is 12.8.